The number of Topliss-reactive ketones (excluding diaryl/α,β-unsaturated/α-hetero) is 1. The molecule has 33 heavy (non-hydrogen) atoms. The number of aliphatic hydroxyl groups excluding tert-OH is 2. The molecule has 0 aromatic rings. The molecule has 0 aliphatic heterocycles. The third kappa shape index (κ3) is 23.4. The molecule has 0 heterocycles. The summed E-state index contributed by atoms with van der Waals surface area (Å²) in [6, 6.07) is 0. The molecule has 0 aromatic carbocycles. The first-order valence-corrected chi connectivity index (χ1v) is 12.6. The molecule has 0 rings (SSSR count). The summed E-state index contributed by atoms with van der Waals surface area (Å²) >= 11 is 0. The Morgan fingerprint density at radius 3 is 1.12 bits per heavy atom. The number of aliphatic hydroxyl groups is 3. The predicted molar refractivity (Wildman–Crippen MR) is 128 cm³/mol. The minimum Gasteiger partial charge on any atom is -0.481 e. The molecule has 0 atom stereocenters. The van der Waals surface area contributed by atoms with E-state index in [1.54, 1.807) is 0 Å². The Bertz CT molecular complexity index is 475. The average Bonchev–Trinajstić information content (AvgIpc) is 2.79. The van der Waals surface area contributed by atoms with E-state index < -0.39 is 36.5 Å². The molecule has 0 bridgehead atoms. The average molecular weight is 477 g/mol. The van der Waals surface area contributed by atoms with E-state index >= 15 is 0 Å². The number of hydrogen-bond donors (Lipinski definition) is 5. The van der Waals surface area contributed by atoms with E-state index in [4.69, 9.17) is 20.4 Å². The van der Waals surface area contributed by atoms with Crippen molar-refractivity contribution in [2.75, 3.05) is 13.2 Å². The minimum absolute atomic E-state index is 0.232. The van der Waals surface area contributed by atoms with Gasteiger partial charge in [0, 0.05) is 6.42 Å². The number of carboxylic acid groups (broad SMARTS) is 2. The van der Waals surface area contributed by atoms with E-state index in [2.05, 4.69) is 6.92 Å². The van der Waals surface area contributed by atoms with Crippen molar-refractivity contribution >= 4 is 17.7 Å². The van der Waals surface area contributed by atoms with Crippen LogP contribution in [0.5, 0.6) is 0 Å². The van der Waals surface area contributed by atoms with Crippen LogP contribution in [0.1, 0.15) is 122 Å². The van der Waals surface area contributed by atoms with Crippen LogP contribution in [-0.2, 0) is 14.4 Å². The highest BCUT2D eigenvalue weighted by molar-refractivity contribution is 5.87. The highest BCUT2D eigenvalue weighted by atomic mass is 16.4. The molecule has 8 nitrogen and oxygen atoms in total. The van der Waals surface area contributed by atoms with Gasteiger partial charge in [0.25, 0.3) is 0 Å². The Morgan fingerprint density at radius 2 is 0.848 bits per heavy atom. The third-order valence-electron chi connectivity index (χ3n) is 5.60. The van der Waals surface area contributed by atoms with Gasteiger partial charge in [-0.1, -0.05) is 96.8 Å². The Kier molecular flexibility index (Phi) is 24.1. The lowest BCUT2D eigenvalue weighted by Crippen LogP contribution is -2.45. The number of carbonyl (C=O) groups is 3. The zero-order chi connectivity index (χ0) is 25.4. The monoisotopic (exact) mass is 476 g/mol. The Balaban J connectivity index is 0. The van der Waals surface area contributed by atoms with Crippen molar-refractivity contribution in [3.05, 3.63) is 0 Å². The van der Waals surface area contributed by atoms with Gasteiger partial charge in [-0.2, -0.15) is 0 Å². The molecule has 0 saturated heterocycles. The number of hydrogen-bond acceptors (Lipinski definition) is 6. The van der Waals surface area contributed by atoms with Crippen molar-refractivity contribution in [3.8, 4) is 0 Å². The van der Waals surface area contributed by atoms with Gasteiger partial charge in [-0.15, -0.1) is 0 Å². The molecule has 0 amide bonds. The number of unbranched alkanes of at least 4 members (excludes halogenated alkanes) is 14. The van der Waals surface area contributed by atoms with Crippen molar-refractivity contribution in [1.29, 1.82) is 0 Å². The Morgan fingerprint density at radius 1 is 0.545 bits per heavy atom. The Hall–Kier alpha value is -1.51. The molecular weight excluding hydrogens is 428 g/mol. The zero-order valence-corrected chi connectivity index (χ0v) is 20.6. The second kappa shape index (κ2) is 23.6. The molecule has 0 saturated carbocycles. The van der Waals surface area contributed by atoms with Crippen molar-refractivity contribution in [3.63, 3.8) is 0 Å². The molecule has 0 unspecified atom stereocenters. The van der Waals surface area contributed by atoms with E-state index in [-0.39, 0.29) is 19.3 Å². The molecule has 0 radical (unpaired) electrons. The van der Waals surface area contributed by atoms with Gasteiger partial charge in [-0.3, -0.25) is 14.4 Å². The first kappa shape index (κ1) is 33.7. The molecule has 5 N–H and O–H groups in total. The van der Waals surface area contributed by atoms with Gasteiger partial charge < -0.3 is 25.5 Å². The van der Waals surface area contributed by atoms with Crippen LogP contribution in [0.25, 0.3) is 0 Å². The highest BCUT2D eigenvalue weighted by Gasteiger charge is 2.33. The summed E-state index contributed by atoms with van der Waals surface area (Å²) in [4.78, 5) is 31.0. The van der Waals surface area contributed by atoms with Crippen LogP contribution >= 0.6 is 0 Å². The topological polar surface area (TPSA) is 152 Å². The molecule has 196 valence electrons. The number of ketones is 1. The fourth-order valence-corrected chi connectivity index (χ4v) is 3.33. The van der Waals surface area contributed by atoms with Gasteiger partial charge in [-0.25, -0.2) is 0 Å². The normalized spacial score (nSPS) is 11.0. The van der Waals surface area contributed by atoms with E-state index in [0.717, 1.165) is 19.3 Å². The van der Waals surface area contributed by atoms with Crippen LogP contribution in [0, 0.1) is 0 Å². The van der Waals surface area contributed by atoms with Crippen LogP contribution in [0.4, 0.5) is 0 Å². The maximum atomic E-state index is 11.7. The van der Waals surface area contributed by atoms with Crippen LogP contribution in [0.3, 0.4) is 0 Å². The molecule has 8 heteroatoms. The van der Waals surface area contributed by atoms with E-state index in [0.29, 0.717) is 0 Å². The lowest BCUT2D eigenvalue weighted by Gasteiger charge is -2.21. The molecule has 0 aliphatic rings. The molecular formula is C25H48O8. The summed E-state index contributed by atoms with van der Waals surface area (Å²) < 4.78 is 0. The van der Waals surface area contributed by atoms with Gasteiger partial charge >= 0.3 is 11.9 Å². The summed E-state index contributed by atoms with van der Waals surface area (Å²) in [5.74, 6) is -2.60. The first-order valence-electron chi connectivity index (χ1n) is 12.6. The smallest absolute Gasteiger partial charge is 0.303 e. The summed E-state index contributed by atoms with van der Waals surface area (Å²) in [7, 11) is 0. The molecule has 0 spiro atoms. The van der Waals surface area contributed by atoms with Crippen molar-refractivity contribution in [1.82, 2.24) is 0 Å². The van der Waals surface area contributed by atoms with Gasteiger partial charge in [0.15, 0.2) is 11.4 Å². The van der Waals surface area contributed by atoms with Crippen LogP contribution < -0.4 is 0 Å². The largest absolute Gasteiger partial charge is 0.481 e. The minimum atomic E-state index is -1.95. The van der Waals surface area contributed by atoms with Crippen LogP contribution in [-0.4, -0.2) is 62.1 Å². The summed E-state index contributed by atoms with van der Waals surface area (Å²) in [6.45, 7) is 0.843. The lowest BCUT2D eigenvalue weighted by molar-refractivity contribution is -0.146. The zero-order valence-electron chi connectivity index (χ0n) is 20.6. The molecule has 0 aromatic heterocycles. The van der Waals surface area contributed by atoms with Gasteiger partial charge in [0.2, 0.25) is 0 Å². The quantitative estimate of drug-likeness (QED) is 0.143. The number of carbonyl (C=O) groups excluding carboxylic acids is 1. The van der Waals surface area contributed by atoms with Crippen molar-refractivity contribution in [2.45, 2.75) is 128 Å². The summed E-state index contributed by atoms with van der Waals surface area (Å²) in [6.07, 6.45) is 18.6. The predicted octanol–water partition coefficient (Wildman–Crippen LogP) is 4.47. The van der Waals surface area contributed by atoms with Gasteiger partial charge in [-0.05, 0) is 6.42 Å². The second-order valence-electron chi connectivity index (χ2n) is 8.76. The third-order valence-corrected chi connectivity index (χ3v) is 5.60. The SMILES string of the molecule is CCCCCCCCCCCCCCCCCC(=O)C(O)(CO)CO.O=C(O)CCC(=O)O. The lowest BCUT2D eigenvalue weighted by atomic mass is 9.95. The second-order valence-corrected chi connectivity index (χ2v) is 8.76. The number of carboxylic acids is 2. The van der Waals surface area contributed by atoms with E-state index in [1.165, 1.54) is 77.0 Å². The van der Waals surface area contributed by atoms with Gasteiger partial charge in [0.1, 0.15) is 0 Å². The van der Waals surface area contributed by atoms with Crippen molar-refractivity contribution < 1.29 is 39.9 Å². The maximum absolute atomic E-state index is 11.7. The molecule has 0 fully saturated rings. The molecule has 0 aliphatic carbocycles. The summed E-state index contributed by atoms with van der Waals surface area (Å²) in [5.41, 5.74) is -1.95. The van der Waals surface area contributed by atoms with Crippen molar-refractivity contribution in [2.24, 2.45) is 0 Å². The van der Waals surface area contributed by atoms with Crippen LogP contribution in [0.15, 0.2) is 0 Å². The Labute approximate surface area is 199 Å². The van der Waals surface area contributed by atoms with E-state index in [9.17, 15) is 19.5 Å². The summed E-state index contributed by atoms with van der Waals surface area (Å²) in [5, 5.41) is 43.4. The highest BCUT2D eigenvalue weighted by Crippen LogP contribution is 2.15. The fourth-order valence-electron chi connectivity index (χ4n) is 3.33. The fraction of sp³-hybridized carbons (Fsp3) is 0.880. The van der Waals surface area contributed by atoms with Gasteiger partial charge in [0.05, 0.1) is 26.1 Å². The first-order chi connectivity index (χ1) is 15.7. The maximum Gasteiger partial charge on any atom is 0.303 e. The number of aliphatic carboxylic acids is 2. The van der Waals surface area contributed by atoms with Crippen LogP contribution in [0.2, 0.25) is 0 Å². The standard InChI is InChI=1S/C21H42O4.C4H6O4/c1-2-3-4-5-6-7-8-9-10-11-12-13-14-15-16-17-20(24)21(25,18-22)19-23;5-3(6)1-2-4(7)8/h22-23,25H,2-19H2,1H3;1-2H2,(H,5,6)(H,7,8). The number of rotatable bonds is 22. The van der Waals surface area contributed by atoms with E-state index in [1.807, 2.05) is 0 Å².